The predicted octanol–water partition coefficient (Wildman–Crippen LogP) is 3.72. The average Bonchev–Trinajstić information content (AvgIpc) is 3.36. The lowest BCUT2D eigenvalue weighted by Gasteiger charge is -2.46. The Hall–Kier alpha value is -2.53. The van der Waals surface area contributed by atoms with E-state index in [1.54, 1.807) is 6.92 Å². The molecular formula is C27H33N3O7. The molecule has 2 aromatic carbocycles. The molecule has 0 aromatic heterocycles. The van der Waals surface area contributed by atoms with Crippen LogP contribution >= 0.6 is 0 Å². The van der Waals surface area contributed by atoms with Gasteiger partial charge in [0.05, 0.1) is 32.0 Å². The fourth-order valence-electron chi connectivity index (χ4n) is 5.13. The molecule has 3 saturated heterocycles. The van der Waals surface area contributed by atoms with Crippen molar-refractivity contribution in [1.82, 2.24) is 0 Å². The highest BCUT2D eigenvalue weighted by molar-refractivity contribution is 5.14. The average molecular weight is 512 g/mol. The summed E-state index contributed by atoms with van der Waals surface area (Å²) in [5, 5.41) is 14.8. The molecule has 0 saturated carbocycles. The molecule has 1 N–H and O–H groups in total. The number of hydrogen-bond donors (Lipinski definition) is 1. The summed E-state index contributed by atoms with van der Waals surface area (Å²) in [5.41, 5.74) is 11.2. The van der Waals surface area contributed by atoms with Gasteiger partial charge >= 0.3 is 0 Å². The van der Waals surface area contributed by atoms with Crippen LogP contribution in [0.1, 0.15) is 25.0 Å². The number of nitrogens with zero attached hydrogens (tertiary/aromatic N) is 3. The lowest BCUT2D eigenvalue weighted by Crippen LogP contribution is -2.60. The molecule has 3 aliphatic heterocycles. The lowest BCUT2D eigenvalue weighted by molar-refractivity contribution is -0.320. The zero-order valence-corrected chi connectivity index (χ0v) is 20.9. The third-order valence-electron chi connectivity index (χ3n) is 7.20. The molecule has 37 heavy (non-hydrogen) atoms. The highest BCUT2D eigenvalue weighted by Crippen LogP contribution is 2.38. The van der Waals surface area contributed by atoms with E-state index >= 15 is 0 Å². The van der Waals surface area contributed by atoms with Crippen LogP contribution in [0.15, 0.2) is 65.8 Å². The summed E-state index contributed by atoms with van der Waals surface area (Å²) in [4.78, 5) is 3.01. The quantitative estimate of drug-likeness (QED) is 0.309. The molecule has 3 fully saturated rings. The molecular weight excluding hydrogens is 478 g/mol. The van der Waals surface area contributed by atoms with Gasteiger partial charge in [-0.25, -0.2) is 0 Å². The van der Waals surface area contributed by atoms with Gasteiger partial charge in [-0.3, -0.25) is 0 Å². The van der Waals surface area contributed by atoms with E-state index in [2.05, 4.69) is 10.0 Å². The first-order valence-electron chi connectivity index (χ1n) is 12.7. The van der Waals surface area contributed by atoms with Crippen LogP contribution < -0.4 is 0 Å². The number of hydrogen-bond acceptors (Lipinski definition) is 8. The summed E-state index contributed by atoms with van der Waals surface area (Å²) in [5.74, 6) is -0.303. The van der Waals surface area contributed by atoms with Crippen molar-refractivity contribution in [3.63, 3.8) is 0 Å². The number of rotatable bonds is 9. The third kappa shape index (κ3) is 5.82. The lowest BCUT2D eigenvalue weighted by atomic mass is 9.92. The van der Waals surface area contributed by atoms with E-state index in [1.165, 1.54) is 0 Å². The molecule has 2 aromatic rings. The Labute approximate surface area is 216 Å². The van der Waals surface area contributed by atoms with Gasteiger partial charge in [-0.05, 0) is 23.6 Å². The SMILES string of the molecule is CC1O[C@@H](O[C@H]2C(OCc3ccccc3)C(N=[N+]=[N-])[C@@H]3OC[C@@H]2O3)C(C)[C@H](OCc2ccccc2)[C@@H]1O. The fourth-order valence-corrected chi connectivity index (χ4v) is 5.13. The smallest absolute Gasteiger partial charge is 0.169 e. The van der Waals surface area contributed by atoms with E-state index in [4.69, 9.17) is 28.4 Å². The van der Waals surface area contributed by atoms with Crippen LogP contribution in [-0.4, -0.2) is 67.0 Å². The molecule has 10 atom stereocenters. The van der Waals surface area contributed by atoms with Crippen molar-refractivity contribution in [3.8, 4) is 0 Å². The van der Waals surface area contributed by atoms with Gasteiger partial charge in [0.2, 0.25) is 0 Å². The topological polar surface area (TPSA) is 124 Å². The molecule has 0 amide bonds. The molecule has 3 heterocycles. The highest BCUT2D eigenvalue weighted by Gasteiger charge is 2.54. The van der Waals surface area contributed by atoms with Crippen molar-refractivity contribution in [1.29, 1.82) is 0 Å². The highest BCUT2D eigenvalue weighted by atomic mass is 16.8. The van der Waals surface area contributed by atoms with Crippen molar-refractivity contribution in [2.75, 3.05) is 6.61 Å². The zero-order chi connectivity index (χ0) is 25.8. The molecule has 0 aliphatic carbocycles. The Morgan fingerprint density at radius 1 is 0.919 bits per heavy atom. The molecule has 0 radical (unpaired) electrons. The minimum atomic E-state index is -0.818. The van der Waals surface area contributed by atoms with Crippen LogP contribution in [0.2, 0.25) is 0 Å². The first kappa shape index (κ1) is 26.1. The summed E-state index contributed by atoms with van der Waals surface area (Å²) < 4.78 is 36.9. The van der Waals surface area contributed by atoms with Gasteiger partial charge in [0, 0.05) is 10.8 Å². The summed E-state index contributed by atoms with van der Waals surface area (Å²) in [6.07, 6.45) is -4.92. The maximum absolute atomic E-state index is 10.9. The van der Waals surface area contributed by atoms with Crippen LogP contribution in [0.3, 0.4) is 0 Å². The van der Waals surface area contributed by atoms with E-state index in [9.17, 15) is 10.6 Å². The second-order valence-electron chi connectivity index (χ2n) is 9.75. The fraction of sp³-hybridized carbons (Fsp3) is 0.556. The number of fused-ring (bicyclic) bond motifs is 2. The third-order valence-corrected chi connectivity index (χ3v) is 7.20. The van der Waals surface area contributed by atoms with E-state index in [0.717, 1.165) is 11.1 Å². The van der Waals surface area contributed by atoms with Gasteiger partial charge < -0.3 is 33.5 Å². The van der Waals surface area contributed by atoms with Gasteiger partial charge in [-0.1, -0.05) is 72.7 Å². The van der Waals surface area contributed by atoms with E-state index in [0.29, 0.717) is 13.2 Å². The van der Waals surface area contributed by atoms with E-state index in [-0.39, 0.29) is 12.5 Å². The Bertz CT molecular complexity index is 1050. The maximum Gasteiger partial charge on any atom is 0.169 e. The number of ether oxygens (including phenoxy) is 6. The minimum absolute atomic E-state index is 0.283. The number of azide groups is 1. The van der Waals surface area contributed by atoms with Gasteiger partial charge in [-0.15, -0.1) is 0 Å². The molecule has 198 valence electrons. The van der Waals surface area contributed by atoms with Gasteiger partial charge in [0.25, 0.3) is 0 Å². The van der Waals surface area contributed by atoms with Crippen molar-refractivity contribution in [2.45, 2.75) is 82.3 Å². The minimum Gasteiger partial charge on any atom is -0.388 e. The first-order valence-corrected chi connectivity index (χ1v) is 12.7. The van der Waals surface area contributed by atoms with Crippen molar-refractivity contribution < 1.29 is 33.5 Å². The zero-order valence-electron chi connectivity index (χ0n) is 20.9. The summed E-state index contributed by atoms with van der Waals surface area (Å²) >= 11 is 0. The Morgan fingerprint density at radius 3 is 2.16 bits per heavy atom. The van der Waals surface area contributed by atoms with Crippen LogP contribution in [0.5, 0.6) is 0 Å². The van der Waals surface area contributed by atoms with Crippen molar-refractivity contribution in [3.05, 3.63) is 82.2 Å². The molecule has 10 nitrogen and oxygen atoms in total. The summed E-state index contributed by atoms with van der Waals surface area (Å²) in [6, 6.07) is 18.8. The normalized spacial score (nSPS) is 37.2. The first-order chi connectivity index (χ1) is 18.0. The molecule has 4 unspecified atom stereocenters. The summed E-state index contributed by atoms with van der Waals surface area (Å²) in [7, 11) is 0. The molecule has 0 spiro atoms. The number of aliphatic hydroxyl groups is 1. The molecule has 2 bridgehead atoms. The maximum atomic E-state index is 10.9. The van der Waals surface area contributed by atoms with E-state index < -0.39 is 55.2 Å². The molecule has 10 heteroatoms. The number of benzene rings is 2. The second kappa shape index (κ2) is 11.9. The Kier molecular flexibility index (Phi) is 8.39. The van der Waals surface area contributed by atoms with Crippen LogP contribution in [0.4, 0.5) is 0 Å². The Balaban J connectivity index is 1.33. The van der Waals surface area contributed by atoms with Gasteiger partial charge in [0.1, 0.15) is 30.5 Å². The van der Waals surface area contributed by atoms with Gasteiger partial charge in [-0.2, -0.15) is 0 Å². The summed E-state index contributed by atoms with van der Waals surface area (Å²) in [6.45, 7) is 4.67. The second-order valence-corrected chi connectivity index (χ2v) is 9.75. The van der Waals surface area contributed by atoms with Crippen molar-refractivity contribution in [2.24, 2.45) is 11.0 Å². The van der Waals surface area contributed by atoms with Crippen molar-refractivity contribution >= 4 is 0 Å². The van der Waals surface area contributed by atoms with Crippen LogP contribution in [0.25, 0.3) is 10.4 Å². The van der Waals surface area contributed by atoms with Crippen LogP contribution in [0, 0.1) is 5.92 Å². The van der Waals surface area contributed by atoms with Crippen LogP contribution in [-0.2, 0) is 41.6 Å². The van der Waals surface area contributed by atoms with E-state index in [1.807, 2.05) is 67.6 Å². The standard InChI is InChI=1S/C27H33N3O7/c1-16-23(32-13-18-9-5-3-6-10-18)22(31)17(2)35-26(16)37-24-20-15-34-27(36-20)21(29-30-28)25(24)33-14-19-11-7-4-8-12-19/h3-12,16-17,20-27,31H,13-15H2,1-2H3/t16?,17?,20-,21?,22+,23-,24+,25?,26-,27+/m0/s1. The monoisotopic (exact) mass is 511 g/mol. The Morgan fingerprint density at radius 2 is 1.54 bits per heavy atom. The largest absolute Gasteiger partial charge is 0.388 e. The molecule has 3 aliphatic rings. The number of aliphatic hydroxyl groups excluding tert-OH is 1. The molecule has 5 rings (SSSR count). The van der Waals surface area contributed by atoms with Gasteiger partial charge in [0.15, 0.2) is 12.6 Å². The predicted molar refractivity (Wildman–Crippen MR) is 132 cm³/mol.